The monoisotopic (exact) mass is 308 g/mol. The van der Waals surface area contributed by atoms with Crippen LogP contribution in [0.4, 0.5) is 10.6 Å². The van der Waals surface area contributed by atoms with E-state index < -0.39 is 0 Å². The molecule has 1 saturated carbocycles. The Morgan fingerprint density at radius 2 is 2.14 bits per heavy atom. The van der Waals surface area contributed by atoms with Gasteiger partial charge in [0, 0.05) is 18.6 Å². The van der Waals surface area contributed by atoms with Crippen molar-refractivity contribution in [2.24, 2.45) is 5.41 Å². The van der Waals surface area contributed by atoms with Crippen LogP contribution in [0.3, 0.4) is 0 Å². The molecule has 2 atom stereocenters. The van der Waals surface area contributed by atoms with E-state index >= 15 is 0 Å². The van der Waals surface area contributed by atoms with Gasteiger partial charge in [-0.1, -0.05) is 13.8 Å². The predicted molar refractivity (Wildman–Crippen MR) is 83.0 cm³/mol. The first-order chi connectivity index (χ1) is 10.6. The zero-order valence-electron chi connectivity index (χ0n) is 13.5. The summed E-state index contributed by atoms with van der Waals surface area (Å²) in [6.07, 6.45) is 5.82. The van der Waals surface area contributed by atoms with Gasteiger partial charge in [0.1, 0.15) is 6.33 Å². The lowest BCUT2D eigenvalue weighted by molar-refractivity contribution is -0.119. The number of nitrogens with zero attached hydrogens (tertiary/aromatic N) is 2. The van der Waals surface area contributed by atoms with Gasteiger partial charge < -0.3 is 14.8 Å². The summed E-state index contributed by atoms with van der Waals surface area (Å²) in [5.74, 6) is 0.787. The van der Waals surface area contributed by atoms with Crippen LogP contribution in [-0.2, 0) is 4.74 Å². The maximum atomic E-state index is 12.2. The Hall–Kier alpha value is -1.89. The number of hydrogen-bond donors (Lipinski definition) is 2. The first-order valence-corrected chi connectivity index (χ1v) is 7.55. The number of carbonyl (C=O) groups excluding carboxylic acids is 1. The van der Waals surface area contributed by atoms with Crippen molar-refractivity contribution >= 4 is 11.8 Å². The number of carbonyl (C=O) groups is 1. The van der Waals surface area contributed by atoms with Crippen LogP contribution in [0.1, 0.15) is 33.1 Å². The first kappa shape index (κ1) is 16.5. The van der Waals surface area contributed by atoms with Gasteiger partial charge >= 0.3 is 6.03 Å². The summed E-state index contributed by atoms with van der Waals surface area (Å²) in [5.41, 5.74) is 0.00183. The standard InChI is InChI=1S/C15H24N4O3/c1-5-15(6-2)11(7-12(15)22-4)18-14(20)19-13-10(21-3)8-16-9-17-13/h8-9,11-12H,5-7H2,1-4H3,(H2,16,17,18,19,20). The summed E-state index contributed by atoms with van der Waals surface area (Å²) in [4.78, 5) is 20.1. The van der Waals surface area contributed by atoms with Crippen molar-refractivity contribution in [1.29, 1.82) is 0 Å². The molecule has 1 aromatic rings. The second-order valence-electron chi connectivity index (χ2n) is 5.49. The van der Waals surface area contributed by atoms with Crippen LogP contribution in [0.25, 0.3) is 0 Å². The molecule has 7 nitrogen and oxygen atoms in total. The molecule has 1 aliphatic rings. The summed E-state index contributed by atoms with van der Waals surface area (Å²) in [6.45, 7) is 4.27. The molecule has 0 bridgehead atoms. The number of urea groups is 1. The van der Waals surface area contributed by atoms with Crippen LogP contribution in [0, 0.1) is 5.41 Å². The van der Waals surface area contributed by atoms with E-state index in [1.165, 1.54) is 19.6 Å². The summed E-state index contributed by atoms with van der Waals surface area (Å²) in [5, 5.41) is 5.74. The molecule has 22 heavy (non-hydrogen) atoms. The highest BCUT2D eigenvalue weighted by molar-refractivity contribution is 5.89. The Balaban J connectivity index is 2.01. The molecular formula is C15H24N4O3. The fourth-order valence-corrected chi connectivity index (χ4v) is 3.34. The third kappa shape index (κ3) is 2.85. The SMILES string of the molecule is CCC1(CC)C(NC(=O)Nc2ncncc2OC)CC1OC. The van der Waals surface area contributed by atoms with E-state index in [2.05, 4.69) is 34.4 Å². The van der Waals surface area contributed by atoms with Crippen molar-refractivity contribution in [3.63, 3.8) is 0 Å². The number of rotatable bonds is 6. The predicted octanol–water partition coefficient (Wildman–Crippen LogP) is 2.20. The van der Waals surface area contributed by atoms with Gasteiger partial charge in [-0.05, 0) is 19.3 Å². The lowest BCUT2D eigenvalue weighted by Gasteiger charge is -2.54. The average Bonchev–Trinajstić information content (AvgIpc) is 2.53. The zero-order valence-corrected chi connectivity index (χ0v) is 13.5. The number of anilines is 1. The molecule has 2 amide bonds. The fraction of sp³-hybridized carbons (Fsp3) is 0.667. The fourth-order valence-electron chi connectivity index (χ4n) is 3.34. The number of amides is 2. The Morgan fingerprint density at radius 1 is 1.41 bits per heavy atom. The molecule has 2 N–H and O–H groups in total. The average molecular weight is 308 g/mol. The Labute approximate surface area is 130 Å². The zero-order chi connectivity index (χ0) is 16.2. The molecule has 2 unspecified atom stereocenters. The molecule has 0 saturated heterocycles. The highest BCUT2D eigenvalue weighted by Gasteiger charge is 2.53. The van der Waals surface area contributed by atoms with Crippen molar-refractivity contribution in [2.75, 3.05) is 19.5 Å². The molecule has 0 radical (unpaired) electrons. The van der Waals surface area contributed by atoms with Crippen LogP contribution in [0.5, 0.6) is 5.75 Å². The second kappa shape index (κ2) is 6.91. The van der Waals surface area contributed by atoms with Gasteiger partial charge in [-0.3, -0.25) is 5.32 Å². The van der Waals surface area contributed by atoms with E-state index in [-0.39, 0.29) is 23.6 Å². The molecule has 1 aromatic heterocycles. The van der Waals surface area contributed by atoms with E-state index in [1.54, 1.807) is 7.11 Å². The van der Waals surface area contributed by atoms with Crippen molar-refractivity contribution in [3.05, 3.63) is 12.5 Å². The van der Waals surface area contributed by atoms with E-state index in [1.807, 2.05) is 0 Å². The molecule has 0 aliphatic heterocycles. The summed E-state index contributed by atoms with van der Waals surface area (Å²) >= 11 is 0. The van der Waals surface area contributed by atoms with Gasteiger partial charge in [-0.2, -0.15) is 0 Å². The number of methoxy groups -OCH3 is 2. The molecule has 1 fully saturated rings. The number of nitrogens with one attached hydrogen (secondary N) is 2. The second-order valence-corrected chi connectivity index (χ2v) is 5.49. The third-order valence-corrected chi connectivity index (χ3v) is 4.82. The maximum absolute atomic E-state index is 12.2. The molecule has 1 aliphatic carbocycles. The van der Waals surface area contributed by atoms with Crippen LogP contribution >= 0.6 is 0 Å². The summed E-state index contributed by atoms with van der Waals surface area (Å²) in [6, 6.07) is -0.192. The lowest BCUT2D eigenvalue weighted by Crippen LogP contribution is -2.64. The lowest BCUT2D eigenvalue weighted by atomic mass is 9.58. The van der Waals surface area contributed by atoms with Gasteiger partial charge in [-0.15, -0.1) is 0 Å². The number of hydrogen-bond acceptors (Lipinski definition) is 5. The van der Waals surface area contributed by atoms with E-state index in [0.717, 1.165) is 19.3 Å². The molecule has 0 spiro atoms. The maximum Gasteiger partial charge on any atom is 0.320 e. The number of aromatic nitrogens is 2. The van der Waals surface area contributed by atoms with Gasteiger partial charge in [-0.25, -0.2) is 14.8 Å². The van der Waals surface area contributed by atoms with E-state index in [4.69, 9.17) is 9.47 Å². The van der Waals surface area contributed by atoms with Crippen LogP contribution in [-0.4, -0.2) is 42.4 Å². The Kier molecular flexibility index (Phi) is 5.18. The van der Waals surface area contributed by atoms with Crippen LogP contribution in [0.2, 0.25) is 0 Å². The minimum absolute atomic E-state index is 0.00183. The van der Waals surface area contributed by atoms with Crippen LogP contribution in [0.15, 0.2) is 12.5 Å². The topological polar surface area (TPSA) is 85.4 Å². The molecule has 0 aromatic carbocycles. The highest BCUT2D eigenvalue weighted by Crippen LogP contribution is 2.48. The molecule has 122 valence electrons. The van der Waals surface area contributed by atoms with Crippen molar-refractivity contribution in [2.45, 2.75) is 45.3 Å². The molecule has 1 heterocycles. The Bertz CT molecular complexity index is 519. The smallest absolute Gasteiger partial charge is 0.320 e. The first-order valence-electron chi connectivity index (χ1n) is 7.55. The quantitative estimate of drug-likeness (QED) is 0.841. The molecule has 2 rings (SSSR count). The van der Waals surface area contributed by atoms with Crippen molar-refractivity contribution < 1.29 is 14.3 Å². The molecule has 7 heteroatoms. The molecular weight excluding hydrogens is 284 g/mol. The Morgan fingerprint density at radius 3 is 2.73 bits per heavy atom. The largest absolute Gasteiger partial charge is 0.491 e. The van der Waals surface area contributed by atoms with Gasteiger partial charge in [0.25, 0.3) is 0 Å². The number of ether oxygens (including phenoxy) is 2. The van der Waals surface area contributed by atoms with Gasteiger partial charge in [0.2, 0.25) is 0 Å². The van der Waals surface area contributed by atoms with E-state index in [9.17, 15) is 4.79 Å². The normalized spacial score (nSPS) is 22.5. The van der Waals surface area contributed by atoms with Gasteiger partial charge in [0.15, 0.2) is 11.6 Å². The highest BCUT2D eigenvalue weighted by atomic mass is 16.5. The van der Waals surface area contributed by atoms with Crippen molar-refractivity contribution in [3.8, 4) is 5.75 Å². The summed E-state index contributed by atoms with van der Waals surface area (Å²) < 4.78 is 10.7. The minimum Gasteiger partial charge on any atom is -0.491 e. The van der Waals surface area contributed by atoms with Gasteiger partial charge in [0.05, 0.1) is 19.4 Å². The van der Waals surface area contributed by atoms with Crippen molar-refractivity contribution in [1.82, 2.24) is 15.3 Å². The van der Waals surface area contributed by atoms with E-state index in [0.29, 0.717) is 11.6 Å². The summed E-state index contributed by atoms with van der Waals surface area (Å²) in [7, 11) is 3.24. The third-order valence-electron chi connectivity index (χ3n) is 4.82. The minimum atomic E-state index is -0.289. The van der Waals surface area contributed by atoms with Crippen LogP contribution < -0.4 is 15.4 Å².